The summed E-state index contributed by atoms with van der Waals surface area (Å²) in [6.45, 7) is 9.03. The van der Waals surface area contributed by atoms with Crippen LogP contribution in [-0.4, -0.2) is 52.4 Å². The Morgan fingerprint density at radius 3 is 2.74 bits per heavy atom. The van der Waals surface area contributed by atoms with Crippen molar-refractivity contribution in [3.8, 4) is 11.3 Å². The third kappa shape index (κ3) is 4.86. The maximum atomic E-state index is 12.7. The summed E-state index contributed by atoms with van der Waals surface area (Å²) in [4.78, 5) is 24.0. The highest BCUT2D eigenvalue weighted by Gasteiger charge is 2.16. The van der Waals surface area contributed by atoms with Crippen molar-refractivity contribution >= 4 is 17.5 Å². The number of benzene rings is 1. The fraction of sp³-hybridized carbons (Fsp3) is 0.348. The second kappa shape index (κ2) is 9.18. The zero-order chi connectivity index (χ0) is 21.8. The lowest BCUT2D eigenvalue weighted by molar-refractivity contribution is 0.102. The molecule has 3 aromatic rings. The van der Waals surface area contributed by atoms with Crippen molar-refractivity contribution in [3.63, 3.8) is 0 Å². The molecule has 3 heterocycles. The summed E-state index contributed by atoms with van der Waals surface area (Å²) in [5.74, 6) is 0.670. The Morgan fingerprint density at radius 2 is 1.97 bits per heavy atom. The van der Waals surface area contributed by atoms with E-state index < -0.39 is 0 Å². The molecule has 1 amide bonds. The number of nitrogens with one attached hydrogen (secondary N) is 1. The fourth-order valence-electron chi connectivity index (χ4n) is 3.39. The van der Waals surface area contributed by atoms with Crippen molar-refractivity contribution < 1.29 is 9.53 Å². The van der Waals surface area contributed by atoms with Crippen molar-refractivity contribution in [1.29, 1.82) is 0 Å². The molecule has 0 atom stereocenters. The summed E-state index contributed by atoms with van der Waals surface area (Å²) in [5, 5.41) is 10.9. The van der Waals surface area contributed by atoms with Gasteiger partial charge in [0.15, 0.2) is 5.69 Å². The van der Waals surface area contributed by atoms with E-state index in [0.717, 1.165) is 35.5 Å². The number of nitrogens with zero attached hydrogens (tertiary/aromatic N) is 5. The third-order valence-corrected chi connectivity index (χ3v) is 5.28. The fourth-order valence-corrected chi connectivity index (χ4v) is 3.39. The van der Waals surface area contributed by atoms with Crippen LogP contribution >= 0.6 is 0 Å². The first-order valence-corrected chi connectivity index (χ1v) is 10.4. The van der Waals surface area contributed by atoms with Crippen molar-refractivity contribution in [2.75, 3.05) is 36.5 Å². The van der Waals surface area contributed by atoms with Gasteiger partial charge in [0, 0.05) is 30.5 Å². The monoisotopic (exact) mass is 418 g/mol. The van der Waals surface area contributed by atoms with Crippen LogP contribution in [0.5, 0.6) is 0 Å². The van der Waals surface area contributed by atoms with Gasteiger partial charge in [0.1, 0.15) is 0 Å². The first-order valence-electron chi connectivity index (χ1n) is 10.4. The molecule has 0 aliphatic carbocycles. The standard InChI is InChI=1S/C23H26N6O2/c1-15(2)17-12-21(28-25-14-17)22(30)26-18-5-4-16(3)19(13-18)20-6-7-24-23(27-20)29-8-10-31-11-9-29/h4-7,12-15H,8-11H2,1-3H3,(H,26,30). The number of anilines is 2. The molecule has 0 spiro atoms. The maximum absolute atomic E-state index is 12.7. The van der Waals surface area contributed by atoms with Gasteiger partial charge in [0.25, 0.3) is 5.91 Å². The molecule has 31 heavy (non-hydrogen) atoms. The Balaban J connectivity index is 1.58. The van der Waals surface area contributed by atoms with Gasteiger partial charge in [-0.25, -0.2) is 9.97 Å². The third-order valence-electron chi connectivity index (χ3n) is 5.28. The topological polar surface area (TPSA) is 93.1 Å². The Labute approximate surface area is 181 Å². The summed E-state index contributed by atoms with van der Waals surface area (Å²) >= 11 is 0. The molecule has 4 rings (SSSR count). The number of carbonyl (C=O) groups excluding carboxylic acids is 1. The number of hydrogen-bond acceptors (Lipinski definition) is 7. The van der Waals surface area contributed by atoms with Crippen LogP contribution in [-0.2, 0) is 4.74 Å². The summed E-state index contributed by atoms with van der Waals surface area (Å²) < 4.78 is 5.42. The second-order valence-electron chi connectivity index (χ2n) is 7.85. The lowest BCUT2D eigenvalue weighted by Crippen LogP contribution is -2.37. The molecule has 8 heteroatoms. The number of morpholine rings is 1. The number of amides is 1. The molecule has 160 valence electrons. The predicted octanol–water partition coefficient (Wildman–Crippen LogP) is 3.45. The molecular formula is C23H26N6O2. The Morgan fingerprint density at radius 1 is 1.16 bits per heavy atom. The van der Waals surface area contributed by atoms with Gasteiger partial charge in [0.05, 0.1) is 25.1 Å². The normalized spacial score (nSPS) is 14.0. The van der Waals surface area contributed by atoms with Crippen molar-refractivity contribution in [3.05, 3.63) is 59.5 Å². The van der Waals surface area contributed by atoms with Crippen LogP contribution in [0.15, 0.2) is 42.7 Å². The quantitative estimate of drug-likeness (QED) is 0.678. The van der Waals surface area contributed by atoms with Crippen molar-refractivity contribution in [2.45, 2.75) is 26.7 Å². The van der Waals surface area contributed by atoms with E-state index in [1.807, 2.05) is 31.2 Å². The molecule has 1 saturated heterocycles. The number of ether oxygens (including phenoxy) is 1. The zero-order valence-corrected chi connectivity index (χ0v) is 18.0. The number of aromatic nitrogens is 4. The van der Waals surface area contributed by atoms with Gasteiger partial charge in [0.2, 0.25) is 5.95 Å². The Bertz CT molecular complexity index is 1080. The van der Waals surface area contributed by atoms with Gasteiger partial charge >= 0.3 is 0 Å². The number of rotatable bonds is 5. The molecule has 1 N–H and O–H groups in total. The van der Waals surface area contributed by atoms with Crippen LogP contribution in [0.1, 0.15) is 41.4 Å². The summed E-state index contributed by atoms with van der Waals surface area (Å²) in [5.41, 5.74) is 4.76. The molecule has 1 fully saturated rings. The van der Waals surface area contributed by atoms with E-state index in [9.17, 15) is 4.79 Å². The van der Waals surface area contributed by atoms with Gasteiger partial charge in [-0.2, -0.15) is 5.10 Å². The molecule has 1 aliphatic heterocycles. The predicted molar refractivity (Wildman–Crippen MR) is 119 cm³/mol. The molecule has 0 bridgehead atoms. The number of hydrogen-bond donors (Lipinski definition) is 1. The molecule has 8 nitrogen and oxygen atoms in total. The van der Waals surface area contributed by atoms with E-state index in [4.69, 9.17) is 9.72 Å². The number of aryl methyl sites for hydroxylation is 1. The van der Waals surface area contributed by atoms with Crippen LogP contribution in [0.2, 0.25) is 0 Å². The van der Waals surface area contributed by atoms with E-state index in [1.165, 1.54) is 0 Å². The largest absolute Gasteiger partial charge is 0.378 e. The minimum atomic E-state index is -0.290. The highest BCUT2D eigenvalue weighted by molar-refractivity contribution is 6.03. The van der Waals surface area contributed by atoms with Crippen LogP contribution in [0.25, 0.3) is 11.3 Å². The molecule has 1 aromatic carbocycles. The summed E-state index contributed by atoms with van der Waals surface area (Å²) in [6.07, 6.45) is 3.46. The van der Waals surface area contributed by atoms with Crippen molar-refractivity contribution in [2.24, 2.45) is 0 Å². The highest BCUT2D eigenvalue weighted by Crippen LogP contribution is 2.27. The zero-order valence-electron chi connectivity index (χ0n) is 18.0. The lowest BCUT2D eigenvalue weighted by atomic mass is 10.0. The highest BCUT2D eigenvalue weighted by atomic mass is 16.5. The van der Waals surface area contributed by atoms with E-state index in [-0.39, 0.29) is 11.8 Å². The van der Waals surface area contributed by atoms with E-state index >= 15 is 0 Å². The van der Waals surface area contributed by atoms with Crippen molar-refractivity contribution in [1.82, 2.24) is 20.2 Å². The Kier molecular flexibility index (Phi) is 6.18. The van der Waals surface area contributed by atoms with Crippen LogP contribution in [0.4, 0.5) is 11.6 Å². The van der Waals surface area contributed by atoms with Gasteiger partial charge in [-0.3, -0.25) is 4.79 Å². The molecule has 1 aliphatic rings. The maximum Gasteiger partial charge on any atom is 0.276 e. The summed E-state index contributed by atoms with van der Waals surface area (Å²) in [7, 11) is 0. The molecule has 0 saturated carbocycles. The first-order chi connectivity index (χ1) is 15.0. The second-order valence-corrected chi connectivity index (χ2v) is 7.85. The number of carbonyl (C=O) groups is 1. The minimum absolute atomic E-state index is 0.270. The molecular weight excluding hydrogens is 392 g/mol. The van der Waals surface area contributed by atoms with Gasteiger partial charge in [-0.15, -0.1) is 5.10 Å². The van der Waals surface area contributed by atoms with E-state index in [1.54, 1.807) is 18.5 Å². The molecule has 2 aromatic heterocycles. The van der Waals surface area contributed by atoms with Crippen LogP contribution < -0.4 is 10.2 Å². The van der Waals surface area contributed by atoms with E-state index in [2.05, 4.69) is 39.2 Å². The van der Waals surface area contributed by atoms with Gasteiger partial charge < -0.3 is 15.0 Å². The van der Waals surface area contributed by atoms with Gasteiger partial charge in [-0.1, -0.05) is 19.9 Å². The van der Waals surface area contributed by atoms with Gasteiger partial charge in [-0.05, 0) is 48.2 Å². The lowest BCUT2D eigenvalue weighted by Gasteiger charge is -2.26. The SMILES string of the molecule is Cc1ccc(NC(=O)c2cc(C(C)C)cnn2)cc1-c1ccnc(N2CCOCC2)n1. The molecule has 0 radical (unpaired) electrons. The smallest absolute Gasteiger partial charge is 0.276 e. The Hall–Kier alpha value is -3.39. The average Bonchev–Trinajstić information content (AvgIpc) is 2.81. The molecule has 0 unspecified atom stereocenters. The minimum Gasteiger partial charge on any atom is -0.378 e. The summed E-state index contributed by atoms with van der Waals surface area (Å²) in [6, 6.07) is 9.44. The van der Waals surface area contributed by atoms with E-state index in [0.29, 0.717) is 30.5 Å². The average molecular weight is 419 g/mol. The van der Waals surface area contributed by atoms with Crippen LogP contribution in [0.3, 0.4) is 0 Å². The van der Waals surface area contributed by atoms with Crippen LogP contribution in [0, 0.1) is 6.92 Å². The first kappa shape index (κ1) is 20.9.